The van der Waals surface area contributed by atoms with Crippen molar-refractivity contribution in [3.8, 4) is 0 Å². The van der Waals surface area contributed by atoms with E-state index in [9.17, 15) is 9.59 Å². The van der Waals surface area contributed by atoms with Crippen molar-refractivity contribution in [1.29, 1.82) is 5.41 Å². The molecule has 1 aromatic heterocycles. The lowest BCUT2D eigenvalue weighted by Gasteiger charge is -2.21. The number of carbonyl (C=O) groups is 3. The second kappa shape index (κ2) is 13.1. The van der Waals surface area contributed by atoms with E-state index in [0.717, 1.165) is 43.8 Å². The maximum atomic E-state index is 12.8. The first-order valence-electron chi connectivity index (χ1n) is 12.3. The normalized spacial score (nSPS) is 13.3. The summed E-state index contributed by atoms with van der Waals surface area (Å²) >= 11 is 0. The molecule has 1 amide bonds. The molecule has 1 saturated heterocycles. The third-order valence-electron chi connectivity index (χ3n) is 5.86. The van der Waals surface area contributed by atoms with Gasteiger partial charge in [0.2, 0.25) is 0 Å². The maximum Gasteiger partial charge on any atom is 0.308 e. The summed E-state index contributed by atoms with van der Waals surface area (Å²) in [6.45, 7) is 4.68. The SMILES string of the molecule is CC(=O)O.CCOC(=O)CC(Nc1ncnc2cc(C(=O)N3CCCC3)ccc12)c1cccc(C(=N)N)c1. The molecule has 11 nitrogen and oxygen atoms in total. The first kappa shape index (κ1) is 28.0. The Morgan fingerprint density at radius 1 is 1.13 bits per heavy atom. The third-order valence-corrected chi connectivity index (χ3v) is 5.86. The van der Waals surface area contributed by atoms with Gasteiger partial charge in [-0.3, -0.25) is 19.8 Å². The predicted octanol–water partition coefficient (Wildman–Crippen LogP) is 3.35. The lowest BCUT2D eigenvalue weighted by molar-refractivity contribution is -0.143. The van der Waals surface area contributed by atoms with Crippen LogP contribution in [0.25, 0.3) is 10.9 Å². The molecular formula is C27H32N6O5. The van der Waals surface area contributed by atoms with E-state index in [1.54, 1.807) is 37.3 Å². The number of esters is 1. The highest BCUT2D eigenvalue weighted by Gasteiger charge is 2.22. The number of ether oxygens (including phenoxy) is 1. The number of nitrogens with zero attached hydrogens (tertiary/aromatic N) is 3. The van der Waals surface area contributed by atoms with Gasteiger partial charge in [0.05, 0.1) is 24.6 Å². The summed E-state index contributed by atoms with van der Waals surface area (Å²) in [6.07, 6.45) is 3.55. The molecule has 1 unspecified atom stereocenters. The van der Waals surface area contributed by atoms with Crippen molar-refractivity contribution in [2.75, 3.05) is 25.0 Å². The zero-order valence-electron chi connectivity index (χ0n) is 21.4. The van der Waals surface area contributed by atoms with Gasteiger partial charge in [-0.25, -0.2) is 9.97 Å². The van der Waals surface area contributed by atoms with E-state index in [0.29, 0.717) is 22.5 Å². The Labute approximate surface area is 220 Å². The number of anilines is 1. The van der Waals surface area contributed by atoms with Crippen molar-refractivity contribution < 1.29 is 24.2 Å². The van der Waals surface area contributed by atoms with Crippen LogP contribution in [-0.4, -0.2) is 63.4 Å². The molecular weight excluding hydrogens is 488 g/mol. The standard InChI is InChI=1S/C25H28N6O3.C2H4O2/c1-2-34-22(32)14-20(16-6-5-7-17(12-16)23(26)27)30-24-19-9-8-18(13-21(19)28-15-29-24)25(33)31-10-3-4-11-31;1-2(3)4/h5-9,12-13,15,20H,2-4,10-11,14H2,1H3,(H3,26,27)(H,28,29,30);1H3,(H,3,4). The highest BCUT2D eigenvalue weighted by Crippen LogP contribution is 2.28. The lowest BCUT2D eigenvalue weighted by atomic mass is 10.0. The van der Waals surface area contributed by atoms with Crippen LogP contribution in [0.1, 0.15) is 60.6 Å². The molecule has 38 heavy (non-hydrogen) atoms. The molecule has 0 saturated carbocycles. The van der Waals surface area contributed by atoms with Crippen LogP contribution in [0.3, 0.4) is 0 Å². The van der Waals surface area contributed by atoms with Crippen LogP contribution in [0.15, 0.2) is 48.8 Å². The number of carboxylic acid groups (broad SMARTS) is 1. The summed E-state index contributed by atoms with van der Waals surface area (Å²) in [5.41, 5.74) is 8.22. The minimum atomic E-state index is -0.833. The first-order chi connectivity index (χ1) is 18.2. The number of hydrogen-bond acceptors (Lipinski definition) is 8. The van der Waals surface area contributed by atoms with Gasteiger partial charge in [0, 0.05) is 36.5 Å². The van der Waals surface area contributed by atoms with E-state index in [-0.39, 0.29) is 30.7 Å². The fraction of sp³-hybridized carbons (Fsp3) is 0.333. The number of amides is 1. The number of aliphatic carboxylic acids is 1. The molecule has 5 N–H and O–H groups in total. The number of aromatic nitrogens is 2. The molecule has 1 atom stereocenters. The topological polar surface area (TPSA) is 172 Å². The summed E-state index contributed by atoms with van der Waals surface area (Å²) in [4.78, 5) is 44.8. The Kier molecular flexibility index (Phi) is 9.69. The van der Waals surface area contributed by atoms with Crippen molar-refractivity contribution in [2.45, 2.75) is 39.2 Å². The van der Waals surface area contributed by atoms with Gasteiger partial charge in [-0.15, -0.1) is 0 Å². The summed E-state index contributed by atoms with van der Waals surface area (Å²) in [7, 11) is 0. The number of nitrogen functional groups attached to an aromatic ring is 1. The monoisotopic (exact) mass is 520 g/mol. The number of carboxylic acids is 1. The molecule has 0 bridgehead atoms. The molecule has 2 heterocycles. The number of likely N-dealkylation sites (tertiary alicyclic amines) is 1. The molecule has 1 aliphatic rings. The zero-order valence-corrected chi connectivity index (χ0v) is 21.4. The highest BCUT2D eigenvalue weighted by atomic mass is 16.5. The van der Waals surface area contributed by atoms with Crippen LogP contribution in [0.2, 0.25) is 0 Å². The smallest absolute Gasteiger partial charge is 0.308 e. The second-order valence-corrected chi connectivity index (χ2v) is 8.72. The van der Waals surface area contributed by atoms with Gasteiger partial charge in [0.1, 0.15) is 18.0 Å². The fourth-order valence-corrected chi connectivity index (χ4v) is 4.13. The average molecular weight is 521 g/mol. The molecule has 0 aliphatic carbocycles. The molecule has 200 valence electrons. The number of nitrogens with two attached hydrogens (primary N) is 1. The number of carbonyl (C=O) groups excluding carboxylic acids is 2. The molecule has 0 radical (unpaired) electrons. The molecule has 11 heteroatoms. The Morgan fingerprint density at radius 2 is 1.84 bits per heavy atom. The van der Waals surface area contributed by atoms with Crippen LogP contribution >= 0.6 is 0 Å². The number of benzene rings is 2. The quantitative estimate of drug-likeness (QED) is 0.197. The third kappa shape index (κ3) is 7.48. The van der Waals surface area contributed by atoms with Crippen LogP contribution in [-0.2, 0) is 14.3 Å². The minimum Gasteiger partial charge on any atom is -0.481 e. The van der Waals surface area contributed by atoms with Gasteiger partial charge >= 0.3 is 5.97 Å². The van der Waals surface area contributed by atoms with Gasteiger partial charge in [0.15, 0.2) is 0 Å². The van der Waals surface area contributed by atoms with Crippen molar-refractivity contribution in [2.24, 2.45) is 5.73 Å². The van der Waals surface area contributed by atoms with E-state index in [2.05, 4.69) is 15.3 Å². The maximum absolute atomic E-state index is 12.8. The largest absolute Gasteiger partial charge is 0.481 e. The molecule has 3 aromatic rings. The first-order valence-corrected chi connectivity index (χ1v) is 12.3. The van der Waals surface area contributed by atoms with Crippen LogP contribution in [0, 0.1) is 5.41 Å². The van der Waals surface area contributed by atoms with Crippen LogP contribution in [0.5, 0.6) is 0 Å². The molecule has 4 rings (SSSR count). The molecule has 1 aliphatic heterocycles. The van der Waals surface area contributed by atoms with E-state index >= 15 is 0 Å². The van der Waals surface area contributed by atoms with E-state index in [1.807, 2.05) is 17.0 Å². The number of fused-ring (bicyclic) bond motifs is 1. The Bertz CT molecular complexity index is 1320. The number of nitrogens with one attached hydrogen (secondary N) is 2. The summed E-state index contributed by atoms with van der Waals surface area (Å²) < 4.78 is 5.17. The second-order valence-electron chi connectivity index (χ2n) is 8.72. The highest BCUT2D eigenvalue weighted by molar-refractivity contribution is 6.00. The Morgan fingerprint density at radius 3 is 2.50 bits per heavy atom. The number of amidine groups is 1. The minimum absolute atomic E-state index is 0.00811. The van der Waals surface area contributed by atoms with E-state index in [4.69, 9.17) is 25.8 Å². The van der Waals surface area contributed by atoms with Gasteiger partial charge in [-0.1, -0.05) is 18.2 Å². The Hall–Kier alpha value is -4.54. The van der Waals surface area contributed by atoms with Gasteiger partial charge in [-0.2, -0.15) is 0 Å². The molecule has 1 fully saturated rings. The summed E-state index contributed by atoms with van der Waals surface area (Å²) in [5, 5.41) is 19.2. The van der Waals surface area contributed by atoms with E-state index < -0.39 is 12.0 Å². The molecule has 0 spiro atoms. The summed E-state index contributed by atoms with van der Waals surface area (Å²) in [6, 6.07) is 12.1. The predicted molar refractivity (Wildman–Crippen MR) is 143 cm³/mol. The average Bonchev–Trinajstić information content (AvgIpc) is 3.43. The van der Waals surface area contributed by atoms with Crippen molar-refractivity contribution in [3.63, 3.8) is 0 Å². The van der Waals surface area contributed by atoms with Crippen LogP contribution < -0.4 is 11.1 Å². The van der Waals surface area contributed by atoms with Crippen molar-refractivity contribution in [3.05, 3.63) is 65.5 Å². The lowest BCUT2D eigenvalue weighted by Crippen LogP contribution is -2.27. The van der Waals surface area contributed by atoms with Gasteiger partial charge < -0.3 is 25.8 Å². The van der Waals surface area contributed by atoms with Crippen molar-refractivity contribution in [1.82, 2.24) is 14.9 Å². The Balaban J connectivity index is 0.000000934. The van der Waals surface area contributed by atoms with Gasteiger partial charge in [-0.05, 0) is 49.6 Å². The summed E-state index contributed by atoms with van der Waals surface area (Å²) in [5.74, 6) is -0.703. The van der Waals surface area contributed by atoms with Crippen LogP contribution in [0.4, 0.5) is 5.82 Å². The number of hydrogen-bond donors (Lipinski definition) is 4. The molecule has 2 aromatic carbocycles. The number of rotatable bonds is 8. The zero-order chi connectivity index (χ0) is 27.7. The fourth-order valence-electron chi connectivity index (χ4n) is 4.13. The van der Waals surface area contributed by atoms with E-state index in [1.165, 1.54) is 6.33 Å². The van der Waals surface area contributed by atoms with Crippen molar-refractivity contribution >= 4 is 40.4 Å². The van der Waals surface area contributed by atoms with Gasteiger partial charge in [0.25, 0.3) is 11.9 Å².